The van der Waals surface area contributed by atoms with E-state index >= 15 is 0 Å². The van der Waals surface area contributed by atoms with Crippen molar-refractivity contribution in [2.75, 3.05) is 5.32 Å². The SMILES string of the molecule is Cc1ccc(Nc2c(C)cccc2C)cc1C(=O)O. The maximum absolute atomic E-state index is 11.1. The molecule has 19 heavy (non-hydrogen) atoms. The normalized spacial score (nSPS) is 10.3. The molecule has 0 heterocycles. The molecule has 0 aliphatic rings. The summed E-state index contributed by atoms with van der Waals surface area (Å²) in [5.41, 5.74) is 5.19. The summed E-state index contributed by atoms with van der Waals surface area (Å²) in [6, 6.07) is 11.5. The zero-order valence-corrected chi connectivity index (χ0v) is 11.3. The van der Waals surface area contributed by atoms with Crippen molar-refractivity contribution >= 4 is 17.3 Å². The van der Waals surface area contributed by atoms with Crippen LogP contribution in [0.5, 0.6) is 0 Å². The van der Waals surface area contributed by atoms with Crippen LogP contribution in [0, 0.1) is 20.8 Å². The molecular weight excluding hydrogens is 238 g/mol. The molecule has 3 heteroatoms. The van der Waals surface area contributed by atoms with E-state index in [1.165, 1.54) is 0 Å². The molecule has 0 aromatic heterocycles. The van der Waals surface area contributed by atoms with Gasteiger partial charge in [-0.2, -0.15) is 0 Å². The molecule has 0 fully saturated rings. The minimum atomic E-state index is -0.900. The quantitative estimate of drug-likeness (QED) is 0.869. The molecule has 98 valence electrons. The molecule has 0 spiro atoms. The van der Waals surface area contributed by atoms with Gasteiger partial charge in [0, 0.05) is 11.4 Å². The Bertz CT molecular complexity index is 612. The zero-order chi connectivity index (χ0) is 14.0. The molecule has 2 aromatic carbocycles. The second-order valence-corrected chi connectivity index (χ2v) is 4.73. The van der Waals surface area contributed by atoms with Gasteiger partial charge in [-0.25, -0.2) is 4.79 Å². The van der Waals surface area contributed by atoms with E-state index in [0.717, 1.165) is 28.1 Å². The molecule has 0 atom stereocenters. The number of anilines is 2. The van der Waals surface area contributed by atoms with E-state index in [4.69, 9.17) is 5.11 Å². The highest BCUT2D eigenvalue weighted by atomic mass is 16.4. The van der Waals surface area contributed by atoms with Crippen molar-refractivity contribution in [3.05, 3.63) is 58.7 Å². The first kappa shape index (κ1) is 13.1. The third-order valence-corrected chi connectivity index (χ3v) is 3.22. The fraction of sp³-hybridized carbons (Fsp3) is 0.188. The number of aromatic carboxylic acids is 1. The van der Waals surface area contributed by atoms with Crippen LogP contribution in [0.2, 0.25) is 0 Å². The molecule has 2 aromatic rings. The average molecular weight is 255 g/mol. The molecule has 2 rings (SSSR count). The number of para-hydroxylation sites is 1. The minimum absolute atomic E-state index is 0.330. The van der Waals surface area contributed by atoms with Crippen molar-refractivity contribution in [3.63, 3.8) is 0 Å². The highest BCUT2D eigenvalue weighted by Crippen LogP contribution is 2.25. The molecule has 0 aliphatic heterocycles. The highest BCUT2D eigenvalue weighted by molar-refractivity contribution is 5.91. The van der Waals surface area contributed by atoms with Gasteiger partial charge < -0.3 is 10.4 Å². The zero-order valence-electron chi connectivity index (χ0n) is 11.3. The van der Waals surface area contributed by atoms with Crippen molar-refractivity contribution in [2.45, 2.75) is 20.8 Å². The van der Waals surface area contributed by atoms with Crippen LogP contribution in [0.1, 0.15) is 27.0 Å². The van der Waals surface area contributed by atoms with Crippen LogP contribution in [0.25, 0.3) is 0 Å². The standard InChI is InChI=1S/C16H17NO2/c1-10-7-8-13(9-14(10)16(18)19)17-15-11(2)5-4-6-12(15)3/h4-9,17H,1-3H3,(H,18,19). The summed E-state index contributed by atoms with van der Waals surface area (Å²) in [5, 5.41) is 12.4. The maximum atomic E-state index is 11.1. The summed E-state index contributed by atoms with van der Waals surface area (Å²) in [6.45, 7) is 5.86. The van der Waals surface area contributed by atoms with Gasteiger partial charge in [-0.05, 0) is 49.6 Å². The van der Waals surface area contributed by atoms with Gasteiger partial charge in [0.2, 0.25) is 0 Å². The van der Waals surface area contributed by atoms with Crippen LogP contribution in [0.15, 0.2) is 36.4 Å². The first-order valence-electron chi connectivity index (χ1n) is 6.16. The molecule has 0 saturated heterocycles. The number of hydrogen-bond acceptors (Lipinski definition) is 2. The fourth-order valence-corrected chi connectivity index (χ4v) is 2.09. The molecule has 0 saturated carbocycles. The third-order valence-electron chi connectivity index (χ3n) is 3.22. The topological polar surface area (TPSA) is 49.3 Å². The average Bonchev–Trinajstić information content (AvgIpc) is 2.35. The molecular formula is C16H17NO2. The molecule has 0 bridgehead atoms. The van der Waals surface area contributed by atoms with Crippen LogP contribution in [0.3, 0.4) is 0 Å². The summed E-state index contributed by atoms with van der Waals surface area (Å²) < 4.78 is 0. The van der Waals surface area contributed by atoms with E-state index in [1.54, 1.807) is 13.0 Å². The van der Waals surface area contributed by atoms with Gasteiger partial charge in [0.05, 0.1) is 5.56 Å². The Morgan fingerprint density at radius 3 is 2.21 bits per heavy atom. The monoisotopic (exact) mass is 255 g/mol. The predicted octanol–water partition coefficient (Wildman–Crippen LogP) is 4.05. The van der Waals surface area contributed by atoms with E-state index in [9.17, 15) is 4.79 Å². The Kier molecular flexibility index (Phi) is 3.56. The molecule has 2 N–H and O–H groups in total. The summed E-state index contributed by atoms with van der Waals surface area (Å²) in [5.74, 6) is -0.900. The Morgan fingerprint density at radius 2 is 1.63 bits per heavy atom. The summed E-state index contributed by atoms with van der Waals surface area (Å²) in [6.07, 6.45) is 0. The lowest BCUT2D eigenvalue weighted by atomic mass is 10.1. The lowest BCUT2D eigenvalue weighted by Gasteiger charge is -2.13. The van der Waals surface area contributed by atoms with Crippen molar-refractivity contribution in [1.29, 1.82) is 0 Å². The number of carbonyl (C=O) groups is 1. The van der Waals surface area contributed by atoms with Gasteiger partial charge in [-0.15, -0.1) is 0 Å². The number of aryl methyl sites for hydroxylation is 3. The van der Waals surface area contributed by atoms with E-state index < -0.39 is 5.97 Å². The molecule has 0 radical (unpaired) electrons. The Morgan fingerprint density at radius 1 is 1.00 bits per heavy atom. The molecule has 3 nitrogen and oxygen atoms in total. The van der Waals surface area contributed by atoms with E-state index in [1.807, 2.05) is 44.2 Å². The van der Waals surface area contributed by atoms with Gasteiger partial charge in [-0.1, -0.05) is 24.3 Å². The minimum Gasteiger partial charge on any atom is -0.478 e. The van der Waals surface area contributed by atoms with Gasteiger partial charge in [0.25, 0.3) is 0 Å². The number of rotatable bonds is 3. The van der Waals surface area contributed by atoms with Gasteiger partial charge in [-0.3, -0.25) is 0 Å². The number of carboxylic acid groups (broad SMARTS) is 1. The third kappa shape index (κ3) is 2.76. The lowest BCUT2D eigenvalue weighted by Crippen LogP contribution is -2.02. The second kappa shape index (κ2) is 5.14. The number of hydrogen-bond donors (Lipinski definition) is 2. The van der Waals surface area contributed by atoms with E-state index in [-0.39, 0.29) is 0 Å². The molecule has 0 amide bonds. The number of carboxylic acids is 1. The van der Waals surface area contributed by atoms with Crippen LogP contribution in [0.4, 0.5) is 11.4 Å². The summed E-state index contributed by atoms with van der Waals surface area (Å²) >= 11 is 0. The van der Waals surface area contributed by atoms with Gasteiger partial charge in [0.1, 0.15) is 0 Å². The Hall–Kier alpha value is -2.29. The summed E-state index contributed by atoms with van der Waals surface area (Å²) in [4.78, 5) is 11.1. The Labute approximate surface area is 112 Å². The molecule has 0 aliphatic carbocycles. The largest absolute Gasteiger partial charge is 0.478 e. The molecule has 0 unspecified atom stereocenters. The van der Waals surface area contributed by atoms with E-state index in [0.29, 0.717) is 5.56 Å². The summed E-state index contributed by atoms with van der Waals surface area (Å²) in [7, 11) is 0. The fourth-order valence-electron chi connectivity index (χ4n) is 2.09. The van der Waals surface area contributed by atoms with Crippen molar-refractivity contribution in [3.8, 4) is 0 Å². The van der Waals surface area contributed by atoms with Crippen LogP contribution < -0.4 is 5.32 Å². The predicted molar refractivity (Wildman–Crippen MR) is 77.3 cm³/mol. The first-order valence-corrected chi connectivity index (χ1v) is 6.16. The van der Waals surface area contributed by atoms with Crippen molar-refractivity contribution < 1.29 is 9.90 Å². The maximum Gasteiger partial charge on any atom is 0.336 e. The van der Waals surface area contributed by atoms with Crippen LogP contribution in [-0.4, -0.2) is 11.1 Å². The second-order valence-electron chi connectivity index (χ2n) is 4.73. The Balaban J connectivity index is 2.39. The van der Waals surface area contributed by atoms with Crippen molar-refractivity contribution in [1.82, 2.24) is 0 Å². The number of nitrogens with one attached hydrogen (secondary N) is 1. The van der Waals surface area contributed by atoms with E-state index in [2.05, 4.69) is 5.32 Å². The van der Waals surface area contributed by atoms with Crippen molar-refractivity contribution in [2.24, 2.45) is 0 Å². The highest BCUT2D eigenvalue weighted by Gasteiger charge is 2.09. The van der Waals surface area contributed by atoms with Crippen LogP contribution in [-0.2, 0) is 0 Å². The van der Waals surface area contributed by atoms with Gasteiger partial charge in [0.15, 0.2) is 0 Å². The first-order chi connectivity index (χ1) is 8.99. The lowest BCUT2D eigenvalue weighted by molar-refractivity contribution is 0.0696. The number of benzene rings is 2. The van der Waals surface area contributed by atoms with Crippen LogP contribution >= 0.6 is 0 Å². The van der Waals surface area contributed by atoms with Gasteiger partial charge >= 0.3 is 5.97 Å². The smallest absolute Gasteiger partial charge is 0.336 e.